The van der Waals surface area contributed by atoms with Gasteiger partial charge in [-0.25, -0.2) is 0 Å². The molecule has 1 aromatic heterocycles. The van der Waals surface area contributed by atoms with E-state index in [0.717, 1.165) is 33.1 Å². The molecule has 0 aliphatic carbocycles. The Morgan fingerprint density at radius 2 is 0.837 bits per heavy atom. The van der Waals surface area contributed by atoms with Crippen LogP contribution in [-0.4, -0.2) is 0 Å². The lowest BCUT2D eigenvalue weighted by molar-refractivity contribution is 0.669. The third-order valence-electron chi connectivity index (χ3n) is 10.0. The van der Waals surface area contributed by atoms with E-state index in [1.165, 1.54) is 65.7 Å². The van der Waals surface area contributed by atoms with Crippen molar-refractivity contribution < 1.29 is 5.79 Å². The van der Waals surface area contributed by atoms with Gasteiger partial charge in [0.2, 0.25) is 0 Å². The summed E-state index contributed by atoms with van der Waals surface area (Å²) in [5.74, 6) is 0. The first-order valence-electron chi connectivity index (χ1n) is 17.3. The standard InChI is InChI=1S/C48H30O/c1-2-14-31(15-3-1)34-28-29-42(37-19-5-4-18-36(34)37)47-40-22-8-6-20-38(40)46(39-21-7-9-23-41(39)47)33-17-12-16-32(30-33)35-25-13-27-45-48(35)43-24-10-11-26-44(43)49-45/h1-30H/i1D. The second-order valence-corrected chi connectivity index (χ2v) is 12.7. The fourth-order valence-electron chi connectivity index (χ4n) is 7.92. The predicted molar refractivity (Wildman–Crippen MR) is 208 cm³/mol. The molecule has 0 N–H and O–H groups in total. The third kappa shape index (κ3) is 4.33. The number of furan rings is 1. The molecule has 0 radical (unpaired) electrons. The normalized spacial score (nSPS) is 12.0. The van der Waals surface area contributed by atoms with Crippen LogP contribution >= 0.6 is 0 Å². The topological polar surface area (TPSA) is 13.1 Å². The zero-order valence-electron chi connectivity index (χ0n) is 27.7. The molecule has 10 aromatic rings. The van der Waals surface area contributed by atoms with Crippen LogP contribution in [0.15, 0.2) is 186 Å². The highest BCUT2D eigenvalue weighted by atomic mass is 16.3. The van der Waals surface area contributed by atoms with Gasteiger partial charge in [0.1, 0.15) is 11.2 Å². The lowest BCUT2D eigenvalue weighted by atomic mass is 9.83. The summed E-state index contributed by atoms with van der Waals surface area (Å²) in [6.45, 7) is 0. The maximum absolute atomic E-state index is 8.00. The summed E-state index contributed by atoms with van der Waals surface area (Å²) in [7, 11) is 0. The third-order valence-corrected chi connectivity index (χ3v) is 10.0. The van der Waals surface area contributed by atoms with Crippen LogP contribution in [0.2, 0.25) is 0 Å². The summed E-state index contributed by atoms with van der Waals surface area (Å²) >= 11 is 0. The molecule has 228 valence electrons. The first-order valence-corrected chi connectivity index (χ1v) is 16.8. The number of rotatable bonds is 4. The van der Waals surface area contributed by atoms with E-state index in [-0.39, 0.29) is 0 Å². The van der Waals surface area contributed by atoms with Crippen molar-refractivity contribution in [3.8, 4) is 44.5 Å². The minimum atomic E-state index is 0.519. The highest BCUT2D eigenvalue weighted by Gasteiger charge is 2.20. The Morgan fingerprint density at radius 3 is 1.55 bits per heavy atom. The molecule has 0 saturated heterocycles. The summed E-state index contributed by atoms with van der Waals surface area (Å²) in [4.78, 5) is 0. The van der Waals surface area contributed by atoms with Gasteiger partial charge >= 0.3 is 0 Å². The minimum absolute atomic E-state index is 0.519. The van der Waals surface area contributed by atoms with Gasteiger partial charge in [-0.2, -0.15) is 0 Å². The van der Waals surface area contributed by atoms with Gasteiger partial charge < -0.3 is 4.42 Å². The van der Waals surface area contributed by atoms with E-state index in [1.54, 1.807) is 0 Å². The Balaban J connectivity index is 1.23. The molecule has 0 saturated carbocycles. The summed E-state index contributed by atoms with van der Waals surface area (Å²) in [6.07, 6.45) is 0. The highest BCUT2D eigenvalue weighted by molar-refractivity contribution is 6.24. The van der Waals surface area contributed by atoms with Crippen LogP contribution < -0.4 is 0 Å². The predicted octanol–water partition coefficient (Wildman–Crippen LogP) is 13.7. The van der Waals surface area contributed by atoms with E-state index >= 15 is 0 Å². The van der Waals surface area contributed by atoms with Crippen molar-refractivity contribution in [2.24, 2.45) is 0 Å². The first kappa shape index (κ1) is 26.6. The molecule has 0 amide bonds. The fourth-order valence-corrected chi connectivity index (χ4v) is 7.92. The molecule has 0 aliphatic rings. The van der Waals surface area contributed by atoms with Crippen LogP contribution in [-0.2, 0) is 0 Å². The van der Waals surface area contributed by atoms with E-state index < -0.39 is 0 Å². The van der Waals surface area contributed by atoms with Gasteiger partial charge in [-0.15, -0.1) is 0 Å². The smallest absolute Gasteiger partial charge is 0.136 e. The molecule has 0 aliphatic heterocycles. The van der Waals surface area contributed by atoms with Crippen LogP contribution in [0.25, 0.3) is 98.8 Å². The maximum atomic E-state index is 8.00. The zero-order valence-corrected chi connectivity index (χ0v) is 26.7. The van der Waals surface area contributed by atoms with E-state index in [2.05, 4.69) is 140 Å². The summed E-state index contributed by atoms with van der Waals surface area (Å²) in [5.41, 5.74) is 11.3. The van der Waals surface area contributed by atoms with Crippen LogP contribution in [0.4, 0.5) is 0 Å². The lowest BCUT2D eigenvalue weighted by Crippen LogP contribution is -1.92. The molecular weight excluding hydrogens is 593 g/mol. The maximum Gasteiger partial charge on any atom is 0.136 e. The van der Waals surface area contributed by atoms with Gasteiger partial charge in [0.25, 0.3) is 0 Å². The van der Waals surface area contributed by atoms with Gasteiger partial charge in [-0.05, 0) is 95.0 Å². The van der Waals surface area contributed by atoms with E-state index in [9.17, 15) is 0 Å². The number of hydrogen-bond acceptors (Lipinski definition) is 1. The molecule has 0 fully saturated rings. The number of benzene rings is 9. The van der Waals surface area contributed by atoms with Crippen molar-refractivity contribution in [1.29, 1.82) is 0 Å². The molecule has 1 heterocycles. The first-order chi connectivity index (χ1) is 24.7. The second kappa shape index (κ2) is 11.1. The molecule has 9 aromatic carbocycles. The van der Waals surface area contributed by atoms with Crippen molar-refractivity contribution in [2.45, 2.75) is 0 Å². The van der Waals surface area contributed by atoms with Crippen molar-refractivity contribution in [3.63, 3.8) is 0 Å². The minimum Gasteiger partial charge on any atom is -0.456 e. The number of fused-ring (bicyclic) bond motifs is 6. The van der Waals surface area contributed by atoms with Gasteiger partial charge in [0.15, 0.2) is 0 Å². The van der Waals surface area contributed by atoms with Gasteiger partial charge in [-0.3, -0.25) is 0 Å². The average Bonchev–Trinajstić information content (AvgIpc) is 3.56. The molecule has 0 spiro atoms. The average molecular weight is 624 g/mol. The van der Waals surface area contributed by atoms with Crippen molar-refractivity contribution in [3.05, 3.63) is 182 Å². The molecule has 1 nitrogen and oxygen atoms in total. The van der Waals surface area contributed by atoms with Gasteiger partial charge in [0.05, 0.1) is 1.37 Å². The summed E-state index contributed by atoms with van der Waals surface area (Å²) in [5, 5.41) is 9.61. The van der Waals surface area contributed by atoms with Crippen LogP contribution in [0.5, 0.6) is 0 Å². The molecule has 10 rings (SSSR count). The van der Waals surface area contributed by atoms with Crippen LogP contribution in [0, 0.1) is 0 Å². The van der Waals surface area contributed by atoms with Crippen LogP contribution in [0.1, 0.15) is 1.37 Å². The SMILES string of the molecule is [2H]c1ccc(-c2ccc(-c3c4ccccc4c(-c4cccc(-c5cccc6oc7ccccc7c56)c4)c4ccccc34)c3ccccc23)cc1. The lowest BCUT2D eigenvalue weighted by Gasteiger charge is -2.20. The van der Waals surface area contributed by atoms with Crippen molar-refractivity contribution in [1.82, 2.24) is 0 Å². The Hall–Kier alpha value is -6.44. The van der Waals surface area contributed by atoms with Crippen molar-refractivity contribution in [2.75, 3.05) is 0 Å². The molecular formula is C48H30O. The van der Waals surface area contributed by atoms with Crippen LogP contribution in [0.3, 0.4) is 0 Å². The van der Waals surface area contributed by atoms with E-state index in [1.807, 2.05) is 36.4 Å². The van der Waals surface area contributed by atoms with Gasteiger partial charge in [0, 0.05) is 10.8 Å². The Bertz CT molecular complexity index is 2870. The van der Waals surface area contributed by atoms with E-state index in [4.69, 9.17) is 5.79 Å². The Labute approximate surface area is 285 Å². The number of para-hydroxylation sites is 1. The second-order valence-electron chi connectivity index (χ2n) is 12.7. The zero-order chi connectivity index (χ0) is 33.2. The fraction of sp³-hybridized carbons (Fsp3) is 0. The number of hydrogen-bond donors (Lipinski definition) is 0. The van der Waals surface area contributed by atoms with Crippen molar-refractivity contribution >= 4 is 54.3 Å². The van der Waals surface area contributed by atoms with E-state index in [0.29, 0.717) is 6.04 Å². The molecule has 0 bridgehead atoms. The molecule has 0 unspecified atom stereocenters. The Kier molecular flexibility index (Phi) is 6.02. The quantitative estimate of drug-likeness (QED) is 0.178. The largest absolute Gasteiger partial charge is 0.456 e. The molecule has 49 heavy (non-hydrogen) atoms. The highest BCUT2D eigenvalue weighted by Crippen LogP contribution is 2.47. The summed E-state index contributed by atoms with van der Waals surface area (Å²) in [6, 6.07) is 63.0. The summed E-state index contributed by atoms with van der Waals surface area (Å²) < 4.78 is 14.3. The molecule has 0 atom stereocenters. The monoisotopic (exact) mass is 623 g/mol. The molecule has 1 heteroatoms. The van der Waals surface area contributed by atoms with Gasteiger partial charge in [-0.1, -0.05) is 164 Å². The Morgan fingerprint density at radius 1 is 0.327 bits per heavy atom.